The zero-order chi connectivity index (χ0) is 45.5. The molecule has 6 fully saturated rings. The number of ether oxygens (including phenoxy) is 9. The SMILES string of the molecule is CC(=O)N[C@H]1[C@H](O[C@@H]2[C@@H](CO)O[C@@H]3N[C@@]3(NC(C)=O)[C@H]2O)O[C@H](CO)[C@@H](O[C@@H]2O[C@H](CO[C@@H]3O[C@H](CO)[C@@H](O)[C@H](O)[C@@H]3O)[C@@H](O)[C@H](O[C@@H]3O[C@H](CO)[C@@H](O)[C@H](O)[C@@H]3O)[C@@H]2O)[C@@H]1O. The number of fused-ring (bicyclic) bond motifs is 1. The normalized spacial score (nSPS) is 50.6. The van der Waals surface area contributed by atoms with Crippen LogP contribution in [0.3, 0.4) is 0 Å². The number of amides is 2. The lowest BCUT2D eigenvalue weighted by Gasteiger charge is -2.50. The van der Waals surface area contributed by atoms with Crippen LogP contribution in [0.15, 0.2) is 0 Å². The quantitative estimate of drug-likeness (QED) is 0.0678. The van der Waals surface area contributed by atoms with E-state index in [9.17, 15) is 81.1 Å². The van der Waals surface area contributed by atoms with E-state index in [0.717, 1.165) is 6.92 Å². The summed E-state index contributed by atoms with van der Waals surface area (Å²) in [6.45, 7) is -1.97. The molecule has 2 amide bonds. The maximum absolute atomic E-state index is 12.5. The number of nitrogens with one attached hydrogen (secondary N) is 3. The van der Waals surface area contributed by atoms with Gasteiger partial charge in [0.25, 0.3) is 0 Å². The van der Waals surface area contributed by atoms with Gasteiger partial charge in [0.1, 0.15) is 122 Å². The Bertz CT molecular complexity index is 1510. The van der Waals surface area contributed by atoms with E-state index >= 15 is 0 Å². The molecule has 0 aliphatic carbocycles. The molecule has 0 bridgehead atoms. The first-order valence-corrected chi connectivity index (χ1v) is 19.7. The molecule has 25 atom stereocenters. The molecule has 6 rings (SSSR count). The third-order valence-electron chi connectivity index (χ3n) is 11.6. The Morgan fingerprint density at radius 3 is 1.56 bits per heavy atom. The van der Waals surface area contributed by atoms with Gasteiger partial charge in [-0.2, -0.15) is 0 Å². The molecular formula is C34H57N3O25. The molecule has 6 heterocycles. The van der Waals surface area contributed by atoms with E-state index in [1.807, 2.05) is 0 Å². The Balaban J connectivity index is 1.25. The number of hydrogen-bond acceptors (Lipinski definition) is 26. The van der Waals surface area contributed by atoms with Crippen LogP contribution < -0.4 is 16.0 Å². The second-order valence-electron chi connectivity index (χ2n) is 15.9. The highest BCUT2D eigenvalue weighted by atomic mass is 16.8. The number of carbonyl (C=O) groups is 2. The van der Waals surface area contributed by atoms with E-state index < -0.39 is 198 Å². The predicted molar refractivity (Wildman–Crippen MR) is 190 cm³/mol. The summed E-state index contributed by atoms with van der Waals surface area (Å²) in [7, 11) is 0. The summed E-state index contributed by atoms with van der Waals surface area (Å²) >= 11 is 0. The molecule has 0 spiro atoms. The van der Waals surface area contributed by atoms with Crippen molar-refractivity contribution in [3.05, 3.63) is 0 Å². The number of aliphatic hydroxyl groups excluding tert-OH is 14. The van der Waals surface area contributed by atoms with Crippen molar-refractivity contribution >= 4 is 11.8 Å². The van der Waals surface area contributed by atoms with Crippen molar-refractivity contribution < 1.29 is 124 Å². The van der Waals surface area contributed by atoms with E-state index in [1.165, 1.54) is 6.92 Å². The largest absolute Gasteiger partial charge is 0.394 e. The molecule has 28 heteroatoms. The third-order valence-corrected chi connectivity index (χ3v) is 11.6. The molecule has 0 radical (unpaired) electrons. The summed E-state index contributed by atoms with van der Waals surface area (Å²) in [5.74, 6) is -1.33. The van der Waals surface area contributed by atoms with Crippen LogP contribution >= 0.6 is 0 Å². The molecular weight excluding hydrogens is 850 g/mol. The summed E-state index contributed by atoms with van der Waals surface area (Å²) in [6, 6.07) is -1.63. The average molecular weight is 908 g/mol. The molecule has 0 aromatic heterocycles. The molecule has 17 N–H and O–H groups in total. The minimum absolute atomic E-state index is 0.562. The molecule has 6 saturated heterocycles. The zero-order valence-corrected chi connectivity index (χ0v) is 33.1. The summed E-state index contributed by atoms with van der Waals surface area (Å²) in [5.41, 5.74) is -1.54. The van der Waals surface area contributed by atoms with Crippen molar-refractivity contribution in [1.29, 1.82) is 0 Å². The van der Waals surface area contributed by atoms with Gasteiger partial charge in [0.2, 0.25) is 11.8 Å². The van der Waals surface area contributed by atoms with Crippen molar-refractivity contribution in [2.24, 2.45) is 0 Å². The van der Waals surface area contributed by atoms with E-state index in [1.54, 1.807) is 0 Å². The lowest BCUT2D eigenvalue weighted by Crippen LogP contribution is -2.70. The van der Waals surface area contributed by atoms with Crippen LogP contribution in [0.5, 0.6) is 0 Å². The first-order chi connectivity index (χ1) is 29.3. The van der Waals surface area contributed by atoms with Gasteiger partial charge in [-0.15, -0.1) is 0 Å². The standard InChI is InChI=1S/C34H57N3O25/c1-8(42)35-15-19(47)25(12(5-40)57-29(15)61-26-13(6-41)59-33-34(37-33,28(26)53)36-9(2)43)60-32-24(52)27(62-31-23(51)21(49)17(45)11(4-39)56-31)18(46)14(58-32)7-54-30-22(50)20(48)16(44)10(3-38)55-30/h10-33,37-41,44-53H,3-7H2,1-2H3,(H,35,42)(H,36,43)/t10-,11-,12-,13-,14-,15-,16-,17-,18-,19-,20+,21+,22+,23+,24+,25-,26-,27+,28+,29+,30-,31+,32+,33+,34+/m1/s1. The van der Waals surface area contributed by atoms with E-state index in [0.29, 0.717) is 0 Å². The monoisotopic (exact) mass is 907 g/mol. The second kappa shape index (κ2) is 20.2. The van der Waals surface area contributed by atoms with Crippen LogP contribution in [0, 0.1) is 0 Å². The zero-order valence-electron chi connectivity index (χ0n) is 33.1. The van der Waals surface area contributed by atoms with Gasteiger partial charge in [-0.3, -0.25) is 14.9 Å². The molecule has 62 heavy (non-hydrogen) atoms. The molecule has 0 aromatic rings. The van der Waals surface area contributed by atoms with Gasteiger partial charge in [-0.25, -0.2) is 0 Å². The number of aliphatic hydroxyl groups is 14. The molecule has 358 valence electrons. The van der Waals surface area contributed by atoms with E-state index in [4.69, 9.17) is 42.6 Å². The first kappa shape index (κ1) is 49.4. The lowest BCUT2D eigenvalue weighted by molar-refractivity contribution is -0.383. The summed E-state index contributed by atoms with van der Waals surface area (Å²) < 4.78 is 51.5. The summed E-state index contributed by atoms with van der Waals surface area (Å²) in [6.07, 6.45) is -40.5. The van der Waals surface area contributed by atoms with Crippen LogP contribution in [0.4, 0.5) is 0 Å². The van der Waals surface area contributed by atoms with Crippen LogP contribution in [-0.4, -0.2) is 269 Å². The highest BCUT2D eigenvalue weighted by Gasteiger charge is 2.69. The van der Waals surface area contributed by atoms with Crippen molar-refractivity contribution in [2.75, 3.05) is 33.0 Å². The van der Waals surface area contributed by atoms with Crippen molar-refractivity contribution in [1.82, 2.24) is 16.0 Å². The first-order valence-electron chi connectivity index (χ1n) is 19.7. The molecule has 0 unspecified atom stereocenters. The number of rotatable bonds is 15. The fourth-order valence-electron chi connectivity index (χ4n) is 8.14. The van der Waals surface area contributed by atoms with Crippen molar-refractivity contribution in [3.8, 4) is 0 Å². The molecule has 0 aromatic carbocycles. The Morgan fingerprint density at radius 1 is 0.516 bits per heavy atom. The maximum Gasteiger partial charge on any atom is 0.218 e. The van der Waals surface area contributed by atoms with Gasteiger partial charge in [-0.1, -0.05) is 0 Å². The van der Waals surface area contributed by atoms with Gasteiger partial charge in [0.05, 0.1) is 33.0 Å². The highest BCUT2D eigenvalue weighted by molar-refractivity contribution is 5.74. The van der Waals surface area contributed by atoms with Crippen LogP contribution in [-0.2, 0) is 52.2 Å². The highest BCUT2D eigenvalue weighted by Crippen LogP contribution is 2.41. The molecule has 6 aliphatic rings. The van der Waals surface area contributed by atoms with Crippen molar-refractivity contribution in [2.45, 2.75) is 167 Å². The maximum atomic E-state index is 12.5. The average Bonchev–Trinajstić information content (AvgIpc) is 3.95. The number of carbonyl (C=O) groups excluding carboxylic acids is 2. The Hall–Kier alpha value is -2.02. The number of hydrogen-bond donors (Lipinski definition) is 17. The summed E-state index contributed by atoms with van der Waals surface area (Å²) in [5, 5.41) is 156. The van der Waals surface area contributed by atoms with Gasteiger partial charge in [0, 0.05) is 13.8 Å². The fourth-order valence-corrected chi connectivity index (χ4v) is 8.14. The summed E-state index contributed by atoms with van der Waals surface area (Å²) in [4.78, 5) is 24.4. The Kier molecular flexibility index (Phi) is 16.1. The fraction of sp³-hybridized carbons (Fsp3) is 0.941. The predicted octanol–water partition coefficient (Wildman–Crippen LogP) is -11.7. The van der Waals surface area contributed by atoms with Gasteiger partial charge < -0.3 is 125 Å². The Labute approximate surface area is 351 Å². The Morgan fingerprint density at radius 2 is 1.00 bits per heavy atom. The van der Waals surface area contributed by atoms with Gasteiger partial charge in [0.15, 0.2) is 30.8 Å². The van der Waals surface area contributed by atoms with Crippen molar-refractivity contribution in [3.63, 3.8) is 0 Å². The van der Waals surface area contributed by atoms with Crippen LogP contribution in [0.25, 0.3) is 0 Å². The molecule has 0 saturated carbocycles. The molecule has 6 aliphatic heterocycles. The van der Waals surface area contributed by atoms with E-state index in [-0.39, 0.29) is 0 Å². The van der Waals surface area contributed by atoms with Gasteiger partial charge in [-0.05, 0) is 0 Å². The topological polar surface area (TPSA) is 446 Å². The minimum Gasteiger partial charge on any atom is -0.394 e. The second-order valence-corrected chi connectivity index (χ2v) is 15.9. The van der Waals surface area contributed by atoms with Crippen LogP contribution in [0.1, 0.15) is 13.8 Å². The van der Waals surface area contributed by atoms with Crippen LogP contribution in [0.2, 0.25) is 0 Å². The lowest BCUT2D eigenvalue weighted by atomic mass is 9.94. The smallest absolute Gasteiger partial charge is 0.218 e. The van der Waals surface area contributed by atoms with E-state index in [2.05, 4.69) is 16.0 Å². The van der Waals surface area contributed by atoms with Gasteiger partial charge >= 0.3 is 0 Å². The molecule has 28 nitrogen and oxygen atoms in total. The minimum atomic E-state index is -2.16. The third kappa shape index (κ3) is 9.75.